The Morgan fingerprint density at radius 3 is 2.33 bits per heavy atom. The average Bonchev–Trinajstić information content (AvgIpc) is 3.28. The Hall–Kier alpha value is -3.21. The van der Waals surface area contributed by atoms with Crippen molar-refractivity contribution in [3.8, 4) is 6.07 Å². The molecule has 0 radical (unpaired) electrons. The molecule has 7 nitrogen and oxygen atoms in total. The van der Waals surface area contributed by atoms with Crippen molar-refractivity contribution < 1.29 is 9.59 Å². The third-order valence-corrected chi connectivity index (χ3v) is 9.21. The molecule has 7 rings (SSSR count). The number of fused-ring (bicyclic) bond motifs is 5. The van der Waals surface area contributed by atoms with Crippen molar-refractivity contribution in [3.63, 3.8) is 0 Å². The van der Waals surface area contributed by atoms with Crippen LogP contribution in [0.2, 0.25) is 0 Å². The molecule has 3 saturated heterocycles. The minimum Gasteiger partial charge on any atom is -0.326 e. The summed E-state index contributed by atoms with van der Waals surface area (Å²) in [5.74, 6) is 0.472. The largest absolute Gasteiger partial charge is 0.326 e. The van der Waals surface area contributed by atoms with Gasteiger partial charge in [-0.1, -0.05) is 48.5 Å². The van der Waals surface area contributed by atoms with Crippen molar-refractivity contribution >= 4 is 11.8 Å². The van der Waals surface area contributed by atoms with E-state index in [1.807, 2.05) is 0 Å². The number of carbonyl (C=O) groups is 2. The molecule has 1 saturated carbocycles. The molecule has 2 bridgehead atoms. The molecule has 36 heavy (non-hydrogen) atoms. The molecule has 2 N–H and O–H groups in total. The number of carbonyl (C=O) groups excluding carboxylic acids is 2. The minimum atomic E-state index is -0.708. The summed E-state index contributed by atoms with van der Waals surface area (Å²) < 4.78 is 0. The van der Waals surface area contributed by atoms with Crippen LogP contribution < -0.4 is 5.73 Å². The summed E-state index contributed by atoms with van der Waals surface area (Å²) in [6.07, 6.45) is 4.49. The average molecular weight is 482 g/mol. The lowest BCUT2D eigenvalue weighted by Gasteiger charge is -2.40. The summed E-state index contributed by atoms with van der Waals surface area (Å²) in [6, 6.07) is 18.3. The van der Waals surface area contributed by atoms with Gasteiger partial charge in [0.2, 0.25) is 11.8 Å². The number of nitriles is 1. The predicted octanol–water partition coefficient (Wildman–Crippen LogP) is 2.00. The zero-order chi connectivity index (χ0) is 24.6. The van der Waals surface area contributed by atoms with Crippen LogP contribution >= 0.6 is 0 Å². The van der Waals surface area contributed by atoms with E-state index in [2.05, 4.69) is 64.4 Å². The van der Waals surface area contributed by atoms with Crippen molar-refractivity contribution in [2.75, 3.05) is 13.1 Å². The molecular formula is C29H31N5O2. The van der Waals surface area contributed by atoms with Crippen LogP contribution in [0.4, 0.5) is 0 Å². The van der Waals surface area contributed by atoms with Gasteiger partial charge in [-0.2, -0.15) is 5.26 Å². The summed E-state index contributed by atoms with van der Waals surface area (Å²) in [6.45, 7) is 1.09. The number of nitrogens with zero attached hydrogens (tertiary/aromatic N) is 4. The molecule has 184 valence electrons. The second-order valence-electron chi connectivity index (χ2n) is 11.2. The fourth-order valence-corrected chi connectivity index (χ4v) is 7.43. The van der Waals surface area contributed by atoms with Crippen molar-refractivity contribution in [3.05, 3.63) is 70.8 Å². The molecule has 2 aromatic rings. The third kappa shape index (κ3) is 3.24. The van der Waals surface area contributed by atoms with E-state index in [1.165, 1.54) is 22.3 Å². The van der Waals surface area contributed by atoms with Gasteiger partial charge in [-0.15, -0.1) is 0 Å². The van der Waals surface area contributed by atoms with Crippen LogP contribution in [0, 0.1) is 17.2 Å². The molecule has 2 amide bonds. The van der Waals surface area contributed by atoms with Gasteiger partial charge >= 0.3 is 0 Å². The fraction of sp³-hybridized carbons (Fsp3) is 0.483. The highest BCUT2D eigenvalue weighted by Gasteiger charge is 2.56. The smallest absolute Gasteiger partial charge is 0.242 e. The Kier molecular flexibility index (Phi) is 4.99. The topological polar surface area (TPSA) is 93.7 Å². The van der Waals surface area contributed by atoms with Crippen LogP contribution in [-0.2, 0) is 22.4 Å². The molecule has 4 fully saturated rings. The first-order valence-electron chi connectivity index (χ1n) is 13.2. The Bertz CT molecular complexity index is 1240. The summed E-state index contributed by atoms with van der Waals surface area (Å²) in [7, 11) is 0. The first-order chi connectivity index (χ1) is 17.5. The molecule has 0 spiro atoms. The number of piperidine rings is 1. The maximum absolute atomic E-state index is 13.9. The van der Waals surface area contributed by atoms with Crippen LogP contribution in [-0.4, -0.2) is 69.8 Å². The lowest BCUT2D eigenvalue weighted by Crippen LogP contribution is -2.57. The monoisotopic (exact) mass is 481 g/mol. The van der Waals surface area contributed by atoms with Gasteiger partial charge in [0.15, 0.2) is 0 Å². The van der Waals surface area contributed by atoms with E-state index in [1.54, 1.807) is 4.90 Å². The van der Waals surface area contributed by atoms with E-state index in [4.69, 9.17) is 5.73 Å². The first kappa shape index (κ1) is 22.0. The van der Waals surface area contributed by atoms with E-state index in [-0.39, 0.29) is 42.0 Å². The molecule has 3 heterocycles. The van der Waals surface area contributed by atoms with Gasteiger partial charge in [0.25, 0.3) is 0 Å². The summed E-state index contributed by atoms with van der Waals surface area (Å²) >= 11 is 0. The highest BCUT2D eigenvalue weighted by molar-refractivity contribution is 5.87. The Balaban J connectivity index is 1.13. The summed E-state index contributed by atoms with van der Waals surface area (Å²) in [5, 5.41) is 9.48. The number of hydrogen-bond donors (Lipinski definition) is 1. The Morgan fingerprint density at radius 2 is 1.69 bits per heavy atom. The van der Waals surface area contributed by atoms with Crippen LogP contribution in [0.15, 0.2) is 48.5 Å². The van der Waals surface area contributed by atoms with Crippen molar-refractivity contribution in [1.82, 2.24) is 14.7 Å². The van der Waals surface area contributed by atoms with E-state index in [9.17, 15) is 14.9 Å². The number of aryl methyl sites for hydroxylation is 2. The fourth-order valence-electron chi connectivity index (χ4n) is 7.43. The van der Waals surface area contributed by atoms with Gasteiger partial charge in [-0.25, -0.2) is 0 Å². The zero-order valence-corrected chi connectivity index (χ0v) is 20.3. The molecule has 1 unspecified atom stereocenters. The van der Waals surface area contributed by atoms with Gasteiger partial charge in [-0.05, 0) is 60.3 Å². The highest BCUT2D eigenvalue weighted by Crippen LogP contribution is 2.48. The molecule has 3 aliphatic heterocycles. The number of hydrogen-bond acceptors (Lipinski definition) is 5. The first-order valence-corrected chi connectivity index (χ1v) is 13.2. The van der Waals surface area contributed by atoms with Crippen molar-refractivity contribution in [2.45, 2.75) is 68.4 Å². The highest BCUT2D eigenvalue weighted by atomic mass is 16.2. The quantitative estimate of drug-likeness (QED) is 0.721. The molecule has 5 aliphatic rings. The van der Waals surface area contributed by atoms with Crippen LogP contribution in [0.1, 0.15) is 47.6 Å². The number of rotatable bonds is 4. The standard InChI is InChI=1S/C29H31N5O2/c30-14-20-11-19-12-25(19)33(20)28(35)24(31)16-32-15-21-13-26(32)29(36)34(21)27-22-7-3-1-5-17(22)9-10-18-6-2-4-8-23(18)27/h1-8,19-21,24-27H,9-13,15-16,31H2/t19?,20-,21-,24-,25-,26-/m0/s1. The molecule has 2 aromatic carbocycles. The van der Waals surface area contributed by atoms with Crippen LogP contribution in [0.5, 0.6) is 0 Å². The molecule has 6 atom stereocenters. The van der Waals surface area contributed by atoms with E-state index < -0.39 is 6.04 Å². The van der Waals surface area contributed by atoms with E-state index in [0.29, 0.717) is 12.5 Å². The number of likely N-dealkylation sites (tertiary alicyclic amines) is 3. The Morgan fingerprint density at radius 1 is 1.03 bits per heavy atom. The van der Waals surface area contributed by atoms with Gasteiger partial charge in [0, 0.05) is 25.2 Å². The summed E-state index contributed by atoms with van der Waals surface area (Å²) in [4.78, 5) is 33.0. The van der Waals surface area contributed by atoms with Crippen LogP contribution in [0.3, 0.4) is 0 Å². The van der Waals surface area contributed by atoms with Gasteiger partial charge < -0.3 is 15.5 Å². The predicted molar refractivity (Wildman–Crippen MR) is 133 cm³/mol. The zero-order valence-electron chi connectivity index (χ0n) is 20.3. The van der Waals surface area contributed by atoms with Gasteiger partial charge in [0.05, 0.1) is 24.2 Å². The molecular weight excluding hydrogens is 450 g/mol. The second kappa shape index (κ2) is 8.16. The lowest BCUT2D eigenvalue weighted by atomic mass is 9.92. The molecule has 2 aliphatic carbocycles. The van der Waals surface area contributed by atoms with E-state index in [0.717, 1.165) is 38.6 Å². The second-order valence-corrected chi connectivity index (χ2v) is 11.2. The number of benzene rings is 2. The SMILES string of the molecule is N#C[C@@H]1CC2C[C@@H]2N1C(=O)[C@@H](N)CN1C[C@@H]2C[C@H]1C(=O)N2C1c2ccccc2CCc2ccccc21. The van der Waals surface area contributed by atoms with Crippen molar-refractivity contribution in [1.29, 1.82) is 5.26 Å². The number of nitrogens with two attached hydrogens (primary N) is 1. The number of amides is 2. The maximum atomic E-state index is 13.9. The van der Waals surface area contributed by atoms with Gasteiger partial charge in [0.1, 0.15) is 6.04 Å². The van der Waals surface area contributed by atoms with Crippen LogP contribution in [0.25, 0.3) is 0 Å². The lowest BCUT2D eigenvalue weighted by molar-refractivity contribution is -0.140. The molecule has 0 aromatic heterocycles. The number of piperazine rings is 1. The Labute approximate surface area is 211 Å². The maximum Gasteiger partial charge on any atom is 0.242 e. The summed E-state index contributed by atoms with van der Waals surface area (Å²) in [5.41, 5.74) is 11.5. The van der Waals surface area contributed by atoms with E-state index >= 15 is 0 Å². The van der Waals surface area contributed by atoms with Crippen molar-refractivity contribution in [2.24, 2.45) is 11.7 Å². The third-order valence-electron chi connectivity index (χ3n) is 9.21. The normalized spacial score (nSPS) is 31.4. The molecule has 7 heteroatoms. The van der Waals surface area contributed by atoms with Gasteiger partial charge in [-0.3, -0.25) is 14.5 Å². The minimum absolute atomic E-state index is 0.0763.